The number of nitrogens with zero attached hydrogens (tertiary/aromatic N) is 1. The monoisotopic (exact) mass is 273 g/mol. The third-order valence-electron chi connectivity index (χ3n) is 2.21. The van der Waals surface area contributed by atoms with E-state index in [9.17, 15) is 8.42 Å². The predicted molar refractivity (Wildman–Crippen MR) is 68.5 cm³/mol. The van der Waals surface area contributed by atoms with Crippen LogP contribution in [0.1, 0.15) is 13.3 Å². The molecule has 0 amide bonds. The molecule has 0 aliphatic rings. The number of hydrogen-bond donors (Lipinski definition) is 2. The van der Waals surface area contributed by atoms with E-state index in [0.29, 0.717) is 12.2 Å². The molecule has 100 valence electrons. The average molecular weight is 273 g/mol. The fraction of sp³-hybridized carbons (Fsp3) is 0.500. The molecule has 6 nitrogen and oxygen atoms in total. The fourth-order valence-corrected chi connectivity index (χ4v) is 2.52. The zero-order valence-electron chi connectivity index (χ0n) is 10.1. The van der Waals surface area contributed by atoms with Gasteiger partial charge in [0, 0.05) is 11.7 Å². The smallest absolute Gasteiger partial charge is 0.490 e. The van der Waals surface area contributed by atoms with Crippen LogP contribution in [-0.4, -0.2) is 48.7 Å². The lowest BCUT2D eigenvalue weighted by Gasteiger charge is -2.07. The molecule has 0 aromatic carbocycles. The van der Waals surface area contributed by atoms with Crippen molar-refractivity contribution in [2.45, 2.75) is 13.3 Å². The molecule has 0 bridgehead atoms. The van der Waals surface area contributed by atoms with Crippen LogP contribution in [0.4, 0.5) is 0 Å². The van der Waals surface area contributed by atoms with Crippen molar-refractivity contribution < 1.29 is 23.2 Å². The van der Waals surface area contributed by atoms with Crippen LogP contribution in [-0.2, 0) is 9.84 Å². The van der Waals surface area contributed by atoms with Crippen LogP contribution in [0.25, 0.3) is 0 Å². The third-order valence-corrected chi connectivity index (χ3v) is 4.03. The van der Waals surface area contributed by atoms with Gasteiger partial charge in [0.2, 0.25) is 0 Å². The lowest BCUT2D eigenvalue weighted by molar-refractivity contribution is 0.339. The lowest BCUT2D eigenvalue weighted by atomic mass is 9.82. The maximum absolute atomic E-state index is 11.4. The van der Waals surface area contributed by atoms with Crippen molar-refractivity contribution in [1.82, 2.24) is 4.98 Å². The zero-order chi connectivity index (χ0) is 13.6. The summed E-state index contributed by atoms with van der Waals surface area (Å²) < 4.78 is 28.1. The summed E-state index contributed by atoms with van der Waals surface area (Å²) in [6.07, 6.45) is 3.26. The van der Waals surface area contributed by atoms with Gasteiger partial charge in [-0.25, -0.2) is 8.42 Å². The first-order chi connectivity index (χ1) is 8.44. The second-order valence-corrected chi connectivity index (χ2v) is 6.13. The van der Waals surface area contributed by atoms with Crippen LogP contribution in [0.15, 0.2) is 18.5 Å². The number of sulfone groups is 1. The van der Waals surface area contributed by atoms with Crippen LogP contribution in [0, 0.1) is 0 Å². The first kappa shape index (κ1) is 14.9. The van der Waals surface area contributed by atoms with Gasteiger partial charge in [-0.3, -0.25) is 4.98 Å². The Morgan fingerprint density at radius 1 is 1.33 bits per heavy atom. The first-order valence-corrected chi connectivity index (χ1v) is 7.41. The summed E-state index contributed by atoms with van der Waals surface area (Å²) in [7, 11) is -4.69. The fourth-order valence-electron chi connectivity index (χ4n) is 1.36. The number of rotatable bonds is 7. The Morgan fingerprint density at radius 3 is 2.67 bits per heavy atom. The van der Waals surface area contributed by atoms with Crippen molar-refractivity contribution in [1.29, 1.82) is 0 Å². The number of aromatic nitrogens is 1. The molecule has 18 heavy (non-hydrogen) atoms. The molecule has 2 N–H and O–H groups in total. The highest BCUT2D eigenvalue weighted by Gasteiger charge is 2.13. The molecular weight excluding hydrogens is 257 g/mol. The molecule has 0 radical (unpaired) electrons. The van der Waals surface area contributed by atoms with Gasteiger partial charge in [-0.1, -0.05) is 6.92 Å². The maximum atomic E-state index is 11.4. The topological polar surface area (TPSA) is 96.7 Å². The van der Waals surface area contributed by atoms with Crippen molar-refractivity contribution in [2.24, 2.45) is 0 Å². The van der Waals surface area contributed by atoms with Gasteiger partial charge in [0.25, 0.3) is 0 Å². The van der Waals surface area contributed by atoms with Crippen molar-refractivity contribution in [3.05, 3.63) is 18.5 Å². The van der Waals surface area contributed by atoms with Gasteiger partial charge in [0.05, 0.1) is 17.7 Å². The highest BCUT2D eigenvalue weighted by atomic mass is 32.2. The quantitative estimate of drug-likeness (QED) is 0.616. The zero-order valence-corrected chi connectivity index (χ0v) is 10.9. The van der Waals surface area contributed by atoms with Crippen LogP contribution in [0.3, 0.4) is 0 Å². The Hall–Kier alpha value is -1.12. The normalized spacial score (nSPS) is 11.3. The molecule has 1 heterocycles. The van der Waals surface area contributed by atoms with Gasteiger partial charge >= 0.3 is 7.12 Å². The molecule has 0 spiro atoms. The molecule has 1 rings (SSSR count). The molecule has 1 aromatic heterocycles. The minimum atomic E-state index is -3.07. The van der Waals surface area contributed by atoms with Crippen LogP contribution in [0.2, 0.25) is 0 Å². The summed E-state index contributed by atoms with van der Waals surface area (Å²) in [6, 6.07) is 1.41. The van der Waals surface area contributed by atoms with Crippen molar-refractivity contribution in [2.75, 3.05) is 18.1 Å². The van der Waals surface area contributed by atoms with E-state index in [4.69, 9.17) is 14.8 Å². The van der Waals surface area contributed by atoms with Gasteiger partial charge in [-0.05, 0) is 12.5 Å². The Morgan fingerprint density at radius 2 is 2.06 bits per heavy atom. The lowest BCUT2D eigenvalue weighted by Crippen LogP contribution is -2.30. The summed E-state index contributed by atoms with van der Waals surface area (Å²) >= 11 is 0. The van der Waals surface area contributed by atoms with Gasteiger partial charge in [-0.15, -0.1) is 0 Å². The molecule has 0 unspecified atom stereocenters. The predicted octanol–water partition coefficient (Wildman–Crippen LogP) is -1.04. The largest absolute Gasteiger partial charge is 0.491 e. The van der Waals surface area contributed by atoms with Gasteiger partial charge in [0.1, 0.15) is 12.4 Å². The summed E-state index contributed by atoms with van der Waals surface area (Å²) in [5.41, 5.74) is 0.198. The molecule has 8 heteroatoms. The summed E-state index contributed by atoms with van der Waals surface area (Å²) in [5.74, 6) is 0.392. The third kappa shape index (κ3) is 5.03. The van der Waals surface area contributed by atoms with E-state index < -0.39 is 17.0 Å². The maximum Gasteiger partial charge on any atom is 0.490 e. The second kappa shape index (κ2) is 6.72. The molecular formula is C10H16BNO5S. The van der Waals surface area contributed by atoms with Crippen molar-refractivity contribution >= 4 is 22.4 Å². The highest BCUT2D eigenvalue weighted by Crippen LogP contribution is 2.06. The first-order valence-electron chi connectivity index (χ1n) is 5.59. The van der Waals surface area contributed by atoms with Crippen molar-refractivity contribution in [3.63, 3.8) is 0 Å². The highest BCUT2D eigenvalue weighted by molar-refractivity contribution is 7.91. The van der Waals surface area contributed by atoms with Gasteiger partial charge in [-0.2, -0.15) is 0 Å². The van der Waals surface area contributed by atoms with Crippen molar-refractivity contribution in [3.8, 4) is 5.75 Å². The Bertz CT molecular complexity index is 477. The van der Waals surface area contributed by atoms with Crippen LogP contribution >= 0.6 is 0 Å². The van der Waals surface area contributed by atoms with Gasteiger partial charge in [0.15, 0.2) is 9.84 Å². The van der Waals surface area contributed by atoms with Gasteiger partial charge < -0.3 is 14.8 Å². The molecule has 0 saturated carbocycles. The molecule has 0 aliphatic carbocycles. The summed E-state index contributed by atoms with van der Waals surface area (Å²) in [5, 5.41) is 17.9. The van der Waals surface area contributed by atoms with E-state index in [2.05, 4.69) is 4.98 Å². The number of hydrogen-bond acceptors (Lipinski definition) is 6. The summed E-state index contributed by atoms with van der Waals surface area (Å²) in [6.45, 7) is 1.82. The summed E-state index contributed by atoms with van der Waals surface area (Å²) in [4.78, 5) is 3.76. The Kier molecular flexibility index (Phi) is 5.58. The molecule has 0 aliphatic heterocycles. The van der Waals surface area contributed by atoms with Crippen LogP contribution < -0.4 is 10.2 Å². The molecule has 1 aromatic rings. The minimum Gasteiger partial charge on any atom is -0.491 e. The number of ether oxygens (including phenoxy) is 1. The molecule has 0 atom stereocenters. The molecule has 0 fully saturated rings. The van der Waals surface area contributed by atoms with Crippen LogP contribution in [0.5, 0.6) is 5.75 Å². The van der Waals surface area contributed by atoms with E-state index >= 15 is 0 Å². The van der Waals surface area contributed by atoms with E-state index in [-0.39, 0.29) is 23.6 Å². The Balaban J connectivity index is 2.52. The molecule has 0 saturated heterocycles. The standard InChI is InChI=1S/C10H16BNO5S/c1-2-4-18(15,16)5-3-17-10-6-9(11(13)14)7-12-8-10/h6-8,13-14H,2-5H2,1H3. The van der Waals surface area contributed by atoms with E-state index in [1.165, 1.54) is 18.5 Å². The SMILES string of the molecule is CCCS(=O)(=O)CCOc1cncc(B(O)O)c1. The van der Waals surface area contributed by atoms with E-state index in [1.54, 1.807) is 6.92 Å². The van der Waals surface area contributed by atoms with E-state index in [0.717, 1.165) is 0 Å². The minimum absolute atomic E-state index is 0.0228. The van der Waals surface area contributed by atoms with E-state index in [1.807, 2.05) is 0 Å². The number of pyridine rings is 1. The average Bonchev–Trinajstić information content (AvgIpc) is 2.29. The Labute approximate surface area is 107 Å². The second-order valence-electron chi connectivity index (χ2n) is 3.83.